The zero-order chi connectivity index (χ0) is 44.0. The van der Waals surface area contributed by atoms with Crippen molar-refractivity contribution < 1.29 is 62.9 Å². The van der Waals surface area contributed by atoms with Crippen LogP contribution in [0.25, 0.3) is 0 Å². The van der Waals surface area contributed by atoms with Crippen LogP contribution in [-0.4, -0.2) is 147 Å². The van der Waals surface area contributed by atoms with E-state index in [0.717, 1.165) is 0 Å². The summed E-state index contributed by atoms with van der Waals surface area (Å²) in [6.45, 7) is 11.5. The van der Waals surface area contributed by atoms with Crippen molar-refractivity contribution in [1.82, 2.24) is 4.90 Å². The normalized spacial score (nSPS) is 34.2. The summed E-state index contributed by atoms with van der Waals surface area (Å²) in [6.07, 6.45) is 8.00. The van der Waals surface area contributed by atoms with Gasteiger partial charge in [0.05, 0.1) is 61.5 Å². The van der Waals surface area contributed by atoms with Gasteiger partial charge in [-0.2, -0.15) is 0 Å². The number of hydrogen-bond donors (Lipinski definition) is 3. The largest absolute Gasteiger partial charge is 0.458 e. The molecular formula is C45H73NO13. The zero-order valence-electron chi connectivity index (χ0n) is 37.1. The number of hydrogen-bond acceptors (Lipinski definition) is 13. The highest BCUT2D eigenvalue weighted by Crippen LogP contribution is 2.43. The summed E-state index contributed by atoms with van der Waals surface area (Å²) < 4.78 is 42.7. The van der Waals surface area contributed by atoms with Crippen LogP contribution in [0.1, 0.15) is 80.1 Å². The predicted molar refractivity (Wildman–Crippen MR) is 222 cm³/mol. The molecule has 1 fully saturated rings. The Balaban J connectivity index is 1.89. The van der Waals surface area contributed by atoms with Gasteiger partial charge in [-0.15, -0.1) is 0 Å². The number of ether oxygens (including phenoxy) is 7. The number of cyclic esters (lactones) is 1. The Bertz CT molecular complexity index is 1440. The van der Waals surface area contributed by atoms with E-state index in [1.165, 1.54) is 23.1 Å². The van der Waals surface area contributed by atoms with Gasteiger partial charge in [-0.3, -0.25) is 9.59 Å². The summed E-state index contributed by atoms with van der Waals surface area (Å²) in [7, 11) is 8.03. The molecule has 16 atom stereocenters. The van der Waals surface area contributed by atoms with Crippen LogP contribution < -0.4 is 0 Å². The first-order valence-electron chi connectivity index (χ1n) is 21.0. The van der Waals surface area contributed by atoms with Crippen LogP contribution in [0.2, 0.25) is 0 Å². The number of nitrogens with zero attached hydrogens (tertiary/aromatic N) is 1. The average Bonchev–Trinajstić information content (AvgIpc) is 4.03. The van der Waals surface area contributed by atoms with E-state index in [1.807, 2.05) is 52.8 Å². The van der Waals surface area contributed by atoms with Crippen molar-refractivity contribution in [2.24, 2.45) is 29.6 Å². The summed E-state index contributed by atoms with van der Waals surface area (Å²) in [5.74, 6) is -2.65. The lowest BCUT2D eigenvalue weighted by Crippen LogP contribution is -2.50. The number of carbonyl (C=O) groups excluding carboxylic acids is 3. The van der Waals surface area contributed by atoms with Gasteiger partial charge in [-0.1, -0.05) is 70.6 Å². The van der Waals surface area contributed by atoms with Crippen LogP contribution in [0.15, 0.2) is 48.2 Å². The molecule has 2 bridgehead atoms. The van der Waals surface area contributed by atoms with Crippen molar-refractivity contribution >= 4 is 18.2 Å². The molecule has 336 valence electrons. The van der Waals surface area contributed by atoms with E-state index in [4.69, 9.17) is 33.2 Å². The summed E-state index contributed by atoms with van der Waals surface area (Å²) in [5, 5.41) is 33.6. The Hall–Kier alpha value is -2.79. The minimum Gasteiger partial charge on any atom is -0.458 e. The molecule has 3 aliphatic rings. The SMILES string of the molecule is CO[C@H]([C@H](C)/C=C/N(C)C=O)[C@@H](C)C(=O)CC[C@H](C)[C@H](O)[C@H](C)[C@H]1OC(=O)C=CC(C)=C[C@H](O)[C@H](O)C[C@@H]2C=CC[C@@H](C[C@H](OC)[C@@]3(CO3)[C@@H](OC)C[C@@H](OC)[C@@H]1C)O2. The number of methoxy groups -OCH3 is 4. The van der Waals surface area contributed by atoms with Crippen LogP contribution in [0.5, 0.6) is 0 Å². The molecule has 3 aliphatic heterocycles. The van der Waals surface area contributed by atoms with Crippen molar-refractivity contribution in [3.05, 3.63) is 48.2 Å². The first-order chi connectivity index (χ1) is 28.0. The van der Waals surface area contributed by atoms with Crippen molar-refractivity contribution in [1.29, 1.82) is 0 Å². The van der Waals surface area contributed by atoms with Gasteiger partial charge in [-0.25, -0.2) is 4.79 Å². The molecule has 59 heavy (non-hydrogen) atoms. The minimum absolute atomic E-state index is 0.0111. The molecule has 1 saturated heterocycles. The molecule has 0 aromatic carbocycles. The molecule has 0 aromatic rings. The van der Waals surface area contributed by atoms with Crippen LogP contribution in [0.3, 0.4) is 0 Å². The van der Waals surface area contributed by atoms with Crippen LogP contribution >= 0.6 is 0 Å². The van der Waals surface area contributed by atoms with Gasteiger partial charge < -0.3 is 53.4 Å². The minimum atomic E-state index is -1.21. The lowest BCUT2D eigenvalue weighted by atomic mass is 9.78. The van der Waals surface area contributed by atoms with E-state index in [9.17, 15) is 29.7 Å². The van der Waals surface area contributed by atoms with E-state index < -0.39 is 84.3 Å². The van der Waals surface area contributed by atoms with Gasteiger partial charge in [0.1, 0.15) is 17.5 Å². The summed E-state index contributed by atoms with van der Waals surface area (Å²) in [5.41, 5.74) is -0.255. The molecule has 3 heterocycles. The van der Waals surface area contributed by atoms with E-state index in [1.54, 1.807) is 48.6 Å². The van der Waals surface area contributed by atoms with E-state index >= 15 is 0 Å². The third kappa shape index (κ3) is 14.1. The van der Waals surface area contributed by atoms with E-state index in [0.29, 0.717) is 44.3 Å². The van der Waals surface area contributed by atoms with Gasteiger partial charge in [0.2, 0.25) is 6.41 Å². The Morgan fingerprint density at radius 2 is 1.69 bits per heavy atom. The number of fused-ring (bicyclic) bond motifs is 2. The molecule has 0 radical (unpaired) electrons. The first-order valence-corrected chi connectivity index (χ1v) is 21.0. The average molecular weight is 836 g/mol. The van der Waals surface area contributed by atoms with Crippen LogP contribution in [0.4, 0.5) is 0 Å². The van der Waals surface area contributed by atoms with Gasteiger partial charge in [0, 0.05) is 97.1 Å². The molecule has 1 amide bonds. The topological polar surface area (TPSA) is 183 Å². The molecule has 0 aromatic heterocycles. The first kappa shape index (κ1) is 50.6. The number of rotatable bonds is 16. The van der Waals surface area contributed by atoms with Crippen molar-refractivity contribution in [2.75, 3.05) is 42.1 Å². The smallest absolute Gasteiger partial charge is 0.331 e. The number of esters is 1. The number of amides is 1. The fourth-order valence-electron chi connectivity index (χ4n) is 8.69. The number of carbonyl (C=O) groups is 3. The second-order valence-electron chi connectivity index (χ2n) is 17.0. The highest BCUT2D eigenvalue weighted by atomic mass is 16.6. The number of allylic oxidation sites excluding steroid dienone is 2. The lowest BCUT2D eigenvalue weighted by Gasteiger charge is -2.39. The second-order valence-corrected chi connectivity index (χ2v) is 17.0. The maximum absolute atomic E-state index is 13.5. The van der Waals surface area contributed by atoms with E-state index in [-0.39, 0.29) is 36.6 Å². The molecule has 0 unspecified atom stereocenters. The van der Waals surface area contributed by atoms with Gasteiger partial charge >= 0.3 is 5.97 Å². The second kappa shape index (κ2) is 24.0. The number of Topliss-reactive ketones (excluding diaryl/α,β-unsaturated/α-hetero) is 1. The summed E-state index contributed by atoms with van der Waals surface area (Å²) >= 11 is 0. The Morgan fingerprint density at radius 3 is 2.29 bits per heavy atom. The molecule has 0 aliphatic carbocycles. The molecule has 3 rings (SSSR count). The summed E-state index contributed by atoms with van der Waals surface area (Å²) in [4.78, 5) is 39.4. The van der Waals surface area contributed by atoms with Crippen LogP contribution in [0, 0.1) is 29.6 Å². The molecule has 14 heteroatoms. The van der Waals surface area contributed by atoms with Gasteiger partial charge in [0.15, 0.2) is 0 Å². The third-order valence-electron chi connectivity index (χ3n) is 12.7. The third-order valence-corrected chi connectivity index (χ3v) is 12.7. The number of ketones is 1. The fraction of sp³-hybridized carbons (Fsp3) is 0.756. The van der Waals surface area contributed by atoms with Gasteiger partial charge in [0.25, 0.3) is 0 Å². The zero-order valence-corrected chi connectivity index (χ0v) is 37.1. The predicted octanol–water partition coefficient (Wildman–Crippen LogP) is 4.34. The lowest BCUT2D eigenvalue weighted by molar-refractivity contribution is -0.159. The Labute approximate surface area is 351 Å². The summed E-state index contributed by atoms with van der Waals surface area (Å²) in [6, 6.07) is 0. The number of epoxide rings is 1. The highest BCUT2D eigenvalue weighted by molar-refractivity contribution is 5.82. The Morgan fingerprint density at radius 1 is 1.03 bits per heavy atom. The van der Waals surface area contributed by atoms with Gasteiger partial charge in [-0.05, 0) is 25.7 Å². The number of aliphatic hydroxyl groups is 3. The standard InChI is InChI=1S/C45H73NO13/c1-27-15-18-41(51)59-44(32(6)42(52)28(2)16-17-35(48)30(4)43(56-11)29(3)19-20-46(7)26-47)31(5)38(53-8)24-40(55-10)45(25-57-45)39(54-9)23-34-14-12-13-33(58-34)22-37(50)36(49)21-27/h12-13,15,18-21,26,28-34,36-40,42-44,49-50,52H,14,16-17,22-25H2,1-11H3/b18-15?,20-19+,27-21?/t28-,29+,30-,31-,32-,33-,34-,36-,37+,38+,39-,40-,42-,43+,44-,45-/m0/s1. The maximum atomic E-state index is 13.5. The van der Waals surface area contributed by atoms with Crippen molar-refractivity contribution in [3.8, 4) is 0 Å². The van der Waals surface area contributed by atoms with Crippen molar-refractivity contribution in [3.63, 3.8) is 0 Å². The quantitative estimate of drug-likeness (QED) is 0.0865. The van der Waals surface area contributed by atoms with Crippen molar-refractivity contribution in [2.45, 2.75) is 147 Å². The monoisotopic (exact) mass is 836 g/mol. The molecule has 0 saturated carbocycles. The maximum Gasteiger partial charge on any atom is 0.331 e. The van der Waals surface area contributed by atoms with E-state index in [2.05, 4.69) is 0 Å². The molecule has 3 N–H and O–H groups in total. The molecule has 14 nitrogen and oxygen atoms in total. The number of aliphatic hydroxyl groups excluding tert-OH is 3. The molecule has 1 spiro atoms. The van der Waals surface area contributed by atoms with Crippen LogP contribution in [-0.2, 0) is 47.5 Å². The highest BCUT2D eigenvalue weighted by Gasteiger charge is 2.59. The fourth-order valence-corrected chi connectivity index (χ4v) is 8.69. The molecular weight excluding hydrogens is 762 g/mol. The Kier molecular flexibility index (Phi) is 20.6.